The number of hydrogen-bond acceptors (Lipinski definition) is 3. The van der Waals surface area contributed by atoms with Gasteiger partial charge < -0.3 is 5.73 Å². The lowest BCUT2D eigenvalue weighted by Gasteiger charge is -2.16. The van der Waals surface area contributed by atoms with Crippen LogP contribution in [-0.4, -0.2) is 15.0 Å². The van der Waals surface area contributed by atoms with Gasteiger partial charge in [0.05, 0.1) is 4.90 Å². The summed E-state index contributed by atoms with van der Waals surface area (Å²) in [7, 11) is -3.74. The highest BCUT2D eigenvalue weighted by atomic mass is 32.2. The molecule has 0 aromatic heterocycles. The Labute approximate surface area is 130 Å². The highest BCUT2D eigenvalue weighted by Crippen LogP contribution is 2.21. The molecular formula is C16H19FN2O2S. The molecule has 1 atom stereocenters. The molecule has 0 aliphatic heterocycles. The third kappa shape index (κ3) is 3.71. The van der Waals surface area contributed by atoms with E-state index in [1.54, 1.807) is 13.8 Å². The molecular weight excluding hydrogens is 303 g/mol. The predicted molar refractivity (Wildman–Crippen MR) is 84.4 cm³/mol. The molecule has 22 heavy (non-hydrogen) atoms. The Kier molecular flexibility index (Phi) is 4.95. The first kappa shape index (κ1) is 16.6. The van der Waals surface area contributed by atoms with Crippen LogP contribution in [0.3, 0.4) is 0 Å². The Bertz CT molecular complexity index is 738. The maximum absolute atomic E-state index is 13.3. The zero-order chi connectivity index (χ0) is 16.3. The normalized spacial score (nSPS) is 13.1. The molecule has 6 heteroatoms. The summed E-state index contributed by atoms with van der Waals surface area (Å²) in [5, 5.41) is 0. The molecule has 0 heterocycles. The molecule has 2 aromatic carbocycles. The van der Waals surface area contributed by atoms with Crippen molar-refractivity contribution in [2.24, 2.45) is 5.73 Å². The third-order valence-electron chi connectivity index (χ3n) is 3.41. The second kappa shape index (κ2) is 6.56. The van der Waals surface area contributed by atoms with Gasteiger partial charge >= 0.3 is 0 Å². The van der Waals surface area contributed by atoms with E-state index in [4.69, 9.17) is 5.73 Å². The van der Waals surface area contributed by atoms with Crippen LogP contribution in [0.4, 0.5) is 4.39 Å². The summed E-state index contributed by atoms with van der Waals surface area (Å²) < 4.78 is 40.7. The van der Waals surface area contributed by atoms with E-state index in [0.717, 1.165) is 5.56 Å². The zero-order valence-corrected chi connectivity index (χ0v) is 13.3. The highest BCUT2D eigenvalue weighted by Gasteiger charge is 2.21. The maximum Gasteiger partial charge on any atom is 0.241 e. The minimum absolute atomic E-state index is 0.0720. The van der Waals surface area contributed by atoms with Gasteiger partial charge in [0.15, 0.2) is 0 Å². The number of hydrogen-bond donors (Lipinski definition) is 2. The fourth-order valence-corrected chi connectivity index (χ4v) is 3.92. The van der Waals surface area contributed by atoms with Crippen molar-refractivity contribution in [1.82, 2.24) is 4.72 Å². The molecule has 3 N–H and O–H groups in total. The minimum Gasteiger partial charge on any atom is -0.323 e. The first-order chi connectivity index (χ1) is 10.3. The van der Waals surface area contributed by atoms with Crippen molar-refractivity contribution in [1.29, 1.82) is 0 Å². The smallest absolute Gasteiger partial charge is 0.241 e. The molecule has 0 spiro atoms. The number of aryl methyl sites for hydroxylation is 2. The standard InChI is InChI=1S/C16H19FN2O2S/c1-11-8-14(17)9-12(2)16(11)22(20,21)19-10-15(18)13-6-4-3-5-7-13/h3-9,15,19H,10,18H2,1-2H3. The number of rotatable bonds is 5. The van der Waals surface area contributed by atoms with Crippen LogP contribution < -0.4 is 10.5 Å². The largest absolute Gasteiger partial charge is 0.323 e. The van der Waals surface area contributed by atoms with Crippen molar-refractivity contribution >= 4 is 10.0 Å². The zero-order valence-electron chi connectivity index (χ0n) is 12.5. The summed E-state index contributed by atoms with van der Waals surface area (Å²) in [5.74, 6) is -0.449. The van der Waals surface area contributed by atoms with Gasteiger partial charge in [0.2, 0.25) is 10.0 Å². The van der Waals surface area contributed by atoms with E-state index in [1.165, 1.54) is 12.1 Å². The van der Waals surface area contributed by atoms with Gasteiger partial charge in [-0.05, 0) is 42.7 Å². The van der Waals surface area contributed by atoms with E-state index in [9.17, 15) is 12.8 Å². The Morgan fingerprint density at radius 3 is 2.23 bits per heavy atom. The summed E-state index contributed by atoms with van der Waals surface area (Å²) in [4.78, 5) is 0.106. The molecule has 0 fully saturated rings. The highest BCUT2D eigenvalue weighted by molar-refractivity contribution is 7.89. The lowest BCUT2D eigenvalue weighted by Crippen LogP contribution is -2.32. The Morgan fingerprint density at radius 1 is 1.14 bits per heavy atom. The molecule has 0 saturated carbocycles. The molecule has 1 unspecified atom stereocenters. The maximum atomic E-state index is 13.3. The van der Waals surface area contributed by atoms with Gasteiger partial charge in [0.25, 0.3) is 0 Å². The van der Waals surface area contributed by atoms with Crippen LogP contribution in [0.15, 0.2) is 47.4 Å². The summed E-state index contributed by atoms with van der Waals surface area (Å²) in [6.07, 6.45) is 0. The monoisotopic (exact) mass is 322 g/mol. The van der Waals surface area contributed by atoms with Gasteiger partial charge in [-0.15, -0.1) is 0 Å². The van der Waals surface area contributed by atoms with Gasteiger partial charge in [-0.25, -0.2) is 17.5 Å². The second-order valence-electron chi connectivity index (χ2n) is 5.24. The van der Waals surface area contributed by atoms with Crippen LogP contribution in [0, 0.1) is 19.7 Å². The topological polar surface area (TPSA) is 72.2 Å². The number of benzene rings is 2. The molecule has 0 aliphatic carbocycles. The second-order valence-corrected chi connectivity index (χ2v) is 6.94. The summed E-state index contributed by atoms with van der Waals surface area (Å²) in [6.45, 7) is 3.21. The van der Waals surface area contributed by atoms with Crippen LogP contribution >= 0.6 is 0 Å². The van der Waals surface area contributed by atoms with Crippen molar-refractivity contribution < 1.29 is 12.8 Å². The lowest BCUT2D eigenvalue weighted by atomic mass is 10.1. The first-order valence-electron chi connectivity index (χ1n) is 6.88. The molecule has 0 saturated heterocycles. The van der Waals surface area contributed by atoms with Gasteiger partial charge in [-0.2, -0.15) is 0 Å². The van der Waals surface area contributed by atoms with E-state index < -0.39 is 21.9 Å². The quantitative estimate of drug-likeness (QED) is 0.888. The number of halogens is 1. The summed E-state index contributed by atoms with van der Waals surface area (Å²) in [6, 6.07) is 11.2. The minimum atomic E-state index is -3.74. The Hall–Kier alpha value is -1.76. The van der Waals surface area contributed by atoms with Crippen LogP contribution in [-0.2, 0) is 10.0 Å². The average molecular weight is 322 g/mol. The van der Waals surface area contributed by atoms with E-state index in [0.29, 0.717) is 11.1 Å². The molecule has 4 nitrogen and oxygen atoms in total. The summed E-state index contributed by atoms with van der Waals surface area (Å²) in [5.41, 5.74) is 7.59. The van der Waals surface area contributed by atoms with Gasteiger partial charge in [0, 0.05) is 12.6 Å². The fourth-order valence-electron chi connectivity index (χ4n) is 2.41. The van der Waals surface area contributed by atoms with Gasteiger partial charge in [-0.1, -0.05) is 30.3 Å². The van der Waals surface area contributed by atoms with Gasteiger partial charge in [-0.3, -0.25) is 0 Å². The molecule has 0 aliphatic rings. The van der Waals surface area contributed by atoms with Crippen molar-refractivity contribution in [2.75, 3.05) is 6.54 Å². The van der Waals surface area contributed by atoms with E-state index in [-0.39, 0.29) is 11.4 Å². The number of nitrogens with one attached hydrogen (secondary N) is 1. The SMILES string of the molecule is Cc1cc(F)cc(C)c1S(=O)(=O)NCC(N)c1ccccc1. The van der Waals surface area contributed by atoms with Crippen molar-refractivity contribution in [3.63, 3.8) is 0 Å². The lowest BCUT2D eigenvalue weighted by molar-refractivity contribution is 0.570. The average Bonchev–Trinajstić information content (AvgIpc) is 2.44. The molecule has 2 rings (SSSR count). The van der Waals surface area contributed by atoms with Crippen LogP contribution in [0.2, 0.25) is 0 Å². The van der Waals surface area contributed by atoms with Crippen molar-refractivity contribution in [3.8, 4) is 0 Å². The third-order valence-corrected chi connectivity index (χ3v) is 5.14. The number of sulfonamides is 1. The summed E-state index contributed by atoms with van der Waals surface area (Å²) >= 11 is 0. The molecule has 118 valence electrons. The predicted octanol–water partition coefficient (Wildman–Crippen LogP) is 2.42. The number of nitrogens with two attached hydrogens (primary N) is 1. The molecule has 0 amide bonds. The van der Waals surface area contributed by atoms with Gasteiger partial charge in [0.1, 0.15) is 5.82 Å². The van der Waals surface area contributed by atoms with Crippen molar-refractivity contribution in [3.05, 3.63) is 65.0 Å². The van der Waals surface area contributed by atoms with Crippen LogP contribution in [0.1, 0.15) is 22.7 Å². The molecule has 0 radical (unpaired) electrons. The Morgan fingerprint density at radius 2 is 1.68 bits per heavy atom. The van der Waals surface area contributed by atoms with E-state index in [1.807, 2.05) is 30.3 Å². The van der Waals surface area contributed by atoms with Crippen LogP contribution in [0.5, 0.6) is 0 Å². The first-order valence-corrected chi connectivity index (χ1v) is 8.36. The van der Waals surface area contributed by atoms with E-state index in [2.05, 4.69) is 4.72 Å². The fraction of sp³-hybridized carbons (Fsp3) is 0.250. The van der Waals surface area contributed by atoms with Crippen LogP contribution in [0.25, 0.3) is 0 Å². The van der Waals surface area contributed by atoms with E-state index >= 15 is 0 Å². The molecule has 2 aromatic rings. The van der Waals surface area contributed by atoms with Crippen molar-refractivity contribution in [2.45, 2.75) is 24.8 Å². The molecule has 0 bridgehead atoms. The Balaban J connectivity index is 2.19.